The molecular weight excluding hydrogens is 240 g/mol. The van der Waals surface area contributed by atoms with Gasteiger partial charge in [-0.1, -0.05) is 18.2 Å². The summed E-state index contributed by atoms with van der Waals surface area (Å²) in [5.41, 5.74) is -0.902. The summed E-state index contributed by atoms with van der Waals surface area (Å²) < 4.78 is 0. The number of aliphatic hydroxyl groups is 1. The molecule has 0 amide bonds. The number of rotatable bonds is 4. The molecule has 2 rings (SSSR count). The maximum absolute atomic E-state index is 12.0. The van der Waals surface area contributed by atoms with Crippen LogP contribution in [-0.2, 0) is 0 Å². The van der Waals surface area contributed by atoms with Gasteiger partial charge in [0, 0.05) is 18.5 Å². The van der Waals surface area contributed by atoms with Crippen LogP contribution in [0.15, 0.2) is 35.1 Å². The standard InChI is InChI=1S/C15H20N2O2/c1-4-17(10-15(2,3)19)13-9-11-7-5-6-8-12(11)14(18)16-13/h5-9,19H,4,10H2,1-3H3,(H,16,18). The molecule has 0 saturated carbocycles. The molecule has 102 valence electrons. The quantitative estimate of drug-likeness (QED) is 0.885. The molecular formula is C15H20N2O2. The third kappa shape index (κ3) is 3.15. The normalized spacial score (nSPS) is 11.8. The molecule has 0 bridgehead atoms. The fourth-order valence-electron chi connectivity index (χ4n) is 2.20. The predicted octanol–water partition coefficient (Wildman–Crippen LogP) is 2.13. The average Bonchev–Trinajstić information content (AvgIpc) is 2.35. The maximum Gasteiger partial charge on any atom is 0.257 e. The van der Waals surface area contributed by atoms with Gasteiger partial charge in [0.1, 0.15) is 5.82 Å². The number of aromatic nitrogens is 1. The van der Waals surface area contributed by atoms with E-state index in [0.717, 1.165) is 17.7 Å². The van der Waals surface area contributed by atoms with Gasteiger partial charge in [-0.05, 0) is 38.3 Å². The second-order valence-electron chi connectivity index (χ2n) is 5.40. The van der Waals surface area contributed by atoms with E-state index in [1.165, 1.54) is 0 Å². The van der Waals surface area contributed by atoms with Crippen LogP contribution < -0.4 is 10.5 Å². The monoisotopic (exact) mass is 260 g/mol. The highest BCUT2D eigenvalue weighted by Gasteiger charge is 2.18. The van der Waals surface area contributed by atoms with Crippen molar-refractivity contribution >= 4 is 16.6 Å². The van der Waals surface area contributed by atoms with E-state index >= 15 is 0 Å². The lowest BCUT2D eigenvalue weighted by Crippen LogP contribution is -2.39. The molecule has 19 heavy (non-hydrogen) atoms. The Hall–Kier alpha value is -1.81. The van der Waals surface area contributed by atoms with Crippen LogP contribution in [0.3, 0.4) is 0 Å². The molecule has 0 fully saturated rings. The minimum Gasteiger partial charge on any atom is -0.389 e. The zero-order valence-corrected chi connectivity index (χ0v) is 11.6. The lowest BCUT2D eigenvalue weighted by Gasteiger charge is -2.29. The molecule has 0 aliphatic heterocycles. The Labute approximate surface area is 112 Å². The van der Waals surface area contributed by atoms with Crippen molar-refractivity contribution in [3.63, 3.8) is 0 Å². The number of hydrogen-bond acceptors (Lipinski definition) is 3. The summed E-state index contributed by atoms with van der Waals surface area (Å²) in [7, 11) is 0. The van der Waals surface area contributed by atoms with Crippen LogP contribution in [0.4, 0.5) is 5.82 Å². The highest BCUT2D eigenvalue weighted by atomic mass is 16.3. The Morgan fingerprint density at radius 3 is 2.63 bits per heavy atom. The smallest absolute Gasteiger partial charge is 0.257 e. The Balaban J connectivity index is 2.47. The summed E-state index contributed by atoms with van der Waals surface area (Å²) in [6, 6.07) is 9.45. The number of fused-ring (bicyclic) bond motifs is 1. The summed E-state index contributed by atoms with van der Waals surface area (Å²) in [6.07, 6.45) is 0. The second kappa shape index (κ2) is 5.05. The fraction of sp³-hybridized carbons (Fsp3) is 0.400. The number of nitrogens with one attached hydrogen (secondary N) is 1. The van der Waals surface area contributed by atoms with Crippen molar-refractivity contribution in [3.05, 3.63) is 40.7 Å². The number of likely N-dealkylation sites (N-methyl/N-ethyl adjacent to an activating group) is 1. The third-order valence-electron chi connectivity index (χ3n) is 3.04. The highest BCUT2D eigenvalue weighted by molar-refractivity contribution is 5.83. The predicted molar refractivity (Wildman–Crippen MR) is 78.8 cm³/mol. The van der Waals surface area contributed by atoms with Crippen molar-refractivity contribution in [2.45, 2.75) is 26.4 Å². The first-order valence-corrected chi connectivity index (χ1v) is 6.50. The van der Waals surface area contributed by atoms with Crippen molar-refractivity contribution in [3.8, 4) is 0 Å². The Morgan fingerprint density at radius 2 is 2.00 bits per heavy atom. The van der Waals surface area contributed by atoms with E-state index in [0.29, 0.717) is 11.9 Å². The van der Waals surface area contributed by atoms with Gasteiger partial charge in [0.05, 0.1) is 5.60 Å². The van der Waals surface area contributed by atoms with Crippen molar-refractivity contribution in [2.75, 3.05) is 18.0 Å². The maximum atomic E-state index is 12.0. The number of anilines is 1. The first-order chi connectivity index (χ1) is 8.90. The summed E-state index contributed by atoms with van der Waals surface area (Å²) in [4.78, 5) is 16.9. The number of benzene rings is 1. The van der Waals surface area contributed by atoms with Crippen LogP contribution in [0.1, 0.15) is 20.8 Å². The first-order valence-electron chi connectivity index (χ1n) is 6.50. The minimum atomic E-state index is -0.807. The number of aromatic amines is 1. The van der Waals surface area contributed by atoms with Gasteiger partial charge < -0.3 is 15.0 Å². The van der Waals surface area contributed by atoms with Crippen LogP contribution in [0.5, 0.6) is 0 Å². The molecule has 0 unspecified atom stereocenters. The lowest BCUT2D eigenvalue weighted by atomic mass is 10.1. The van der Waals surface area contributed by atoms with E-state index in [4.69, 9.17) is 0 Å². The van der Waals surface area contributed by atoms with Gasteiger partial charge in [-0.15, -0.1) is 0 Å². The Morgan fingerprint density at radius 1 is 1.32 bits per heavy atom. The van der Waals surface area contributed by atoms with E-state index < -0.39 is 5.60 Å². The molecule has 4 nitrogen and oxygen atoms in total. The number of hydrogen-bond donors (Lipinski definition) is 2. The zero-order chi connectivity index (χ0) is 14.0. The van der Waals surface area contributed by atoms with Gasteiger partial charge in [0.15, 0.2) is 0 Å². The molecule has 2 aromatic rings. The van der Waals surface area contributed by atoms with Crippen molar-refractivity contribution < 1.29 is 5.11 Å². The molecule has 0 aliphatic carbocycles. The van der Waals surface area contributed by atoms with E-state index in [2.05, 4.69) is 4.98 Å². The SMILES string of the molecule is CCN(CC(C)(C)O)c1cc2ccccc2c(=O)[nH]1. The number of pyridine rings is 1. The molecule has 2 N–H and O–H groups in total. The molecule has 0 aliphatic rings. The lowest BCUT2D eigenvalue weighted by molar-refractivity contribution is 0.0874. The summed E-state index contributed by atoms with van der Waals surface area (Å²) in [5, 5.41) is 11.5. The molecule has 1 heterocycles. The van der Waals surface area contributed by atoms with Gasteiger partial charge in [0.2, 0.25) is 0 Å². The highest BCUT2D eigenvalue weighted by Crippen LogP contribution is 2.18. The van der Waals surface area contributed by atoms with E-state index in [9.17, 15) is 9.90 Å². The molecule has 0 saturated heterocycles. The second-order valence-corrected chi connectivity index (χ2v) is 5.40. The average molecular weight is 260 g/mol. The zero-order valence-electron chi connectivity index (χ0n) is 11.6. The molecule has 0 atom stereocenters. The number of nitrogens with zero attached hydrogens (tertiary/aromatic N) is 1. The first kappa shape index (κ1) is 13.6. The molecule has 0 spiro atoms. The van der Waals surface area contributed by atoms with Gasteiger partial charge in [-0.2, -0.15) is 0 Å². The van der Waals surface area contributed by atoms with Crippen LogP contribution in [0.25, 0.3) is 10.8 Å². The van der Waals surface area contributed by atoms with Crippen LogP contribution in [0, 0.1) is 0 Å². The largest absolute Gasteiger partial charge is 0.389 e. The van der Waals surface area contributed by atoms with Crippen molar-refractivity contribution in [2.24, 2.45) is 0 Å². The van der Waals surface area contributed by atoms with E-state index in [1.54, 1.807) is 13.8 Å². The van der Waals surface area contributed by atoms with E-state index in [-0.39, 0.29) is 5.56 Å². The van der Waals surface area contributed by atoms with Crippen LogP contribution in [0.2, 0.25) is 0 Å². The Bertz CT molecular complexity index is 626. The van der Waals surface area contributed by atoms with Crippen molar-refractivity contribution in [1.29, 1.82) is 0 Å². The molecule has 0 radical (unpaired) electrons. The fourth-order valence-corrected chi connectivity index (χ4v) is 2.20. The minimum absolute atomic E-state index is 0.0951. The summed E-state index contributed by atoms with van der Waals surface area (Å²) >= 11 is 0. The topological polar surface area (TPSA) is 56.3 Å². The van der Waals surface area contributed by atoms with Gasteiger partial charge >= 0.3 is 0 Å². The van der Waals surface area contributed by atoms with E-state index in [1.807, 2.05) is 42.2 Å². The number of H-pyrrole nitrogens is 1. The van der Waals surface area contributed by atoms with Crippen LogP contribution >= 0.6 is 0 Å². The summed E-state index contributed by atoms with van der Waals surface area (Å²) in [5.74, 6) is 0.744. The molecule has 1 aromatic heterocycles. The van der Waals surface area contributed by atoms with Gasteiger partial charge in [-0.25, -0.2) is 0 Å². The third-order valence-corrected chi connectivity index (χ3v) is 3.04. The molecule has 4 heteroatoms. The van der Waals surface area contributed by atoms with Crippen molar-refractivity contribution in [1.82, 2.24) is 4.98 Å². The van der Waals surface area contributed by atoms with Gasteiger partial charge in [0.25, 0.3) is 5.56 Å². The Kier molecular flexibility index (Phi) is 3.62. The van der Waals surface area contributed by atoms with Gasteiger partial charge in [-0.3, -0.25) is 4.79 Å². The van der Waals surface area contributed by atoms with Crippen LogP contribution in [-0.4, -0.2) is 28.8 Å². The summed E-state index contributed by atoms with van der Waals surface area (Å²) in [6.45, 7) is 6.71. The molecule has 1 aromatic carbocycles.